The van der Waals surface area contributed by atoms with Crippen molar-refractivity contribution in [3.63, 3.8) is 0 Å². The molecule has 106 valence electrons. The molecule has 1 N–H and O–H groups in total. The largest absolute Gasteiger partial charge is 0.304 e. The highest BCUT2D eigenvalue weighted by Crippen LogP contribution is 2.23. The van der Waals surface area contributed by atoms with Crippen molar-refractivity contribution in [2.45, 2.75) is 32.9 Å². The van der Waals surface area contributed by atoms with Crippen LogP contribution >= 0.6 is 0 Å². The molecule has 2 nitrogen and oxygen atoms in total. The predicted molar refractivity (Wildman–Crippen MR) is 75.3 cm³/mol. The molecule has 0 bridgehead atoms. The van der Waals surface area contributed by atoms with E-state index in [-0.39, 0.29) is 23.7 Å². The predicted octanol–water partition coefficient (Wildman–Crippen LogP) is 4.08. The summed E-state index contributed by atoms with van der Waals surface area (Å²) in [4.78, 5) is 3.96. The minimum atomic E-state index is -0.383. The molecule has 2 aromatic rings. The van der Waals surface area contributed by atoms with E-state index in [1.54, 1.807) is 19.3 Å². The summed E-state index contributed by atoms with van der Waals surface area (Å²) in [6, 6.07) is 6.04. The maximum Gasteiger partial charge on any atom is 0.128 e. The van der Waals surface area contributed by atoms with Crippen LogP contribution < -0.4 is 5.32 Å². The minimum Gasteiger partial charge on any atom is -0.304 e. The zero-order valence-corrected chi connectivity index (χ0v) is 11.8. The number of pyridine rings is 1. The second-order valence-electron chi connectivity index (χ2n) is 5.01. The first-order valence-corrected chi connectivity index (χ1v) is 6.60. The van der Waals surface area contributed by atoms with E-state index in [4.69, 9.17) is 0 Å². The highest BCUT2D eigenvalue weighted by atomic mass is 19.1. The number of nitrogens with zero attached hydrogens (tertiary/aromatic N) is 1. The molecule has 2 atom stereocenters. The number of aromatic nitrogens is 1. The summed E-state index contributed by atoms with van der Waals surface area (Å²) in [6.07, 6.45) is 3.43. The van der Waals surface area contributed by atoms with E-state index in [9.17, 15) is 8.78 Å². The van der Waals surface area contributed by atoms with Gasteiger partial charge >= 0.3 is 0 Å². The number of halogens is 2. The summed E-state index contributed by atoms with van der Waals surface area (Å²) in [5.74, 6) is -0.766. The lowest BCUT2D eigenvalue weighted by Gasteiger charge is -2.21. The van der Waals surface area contributed by atoms with Gasteiger partial charge in [0.05, 0.1) is 0 Å². The quantitative estimate of drug-likeness (QED) is 0.910. The van der Waals surface area contributed by atoms with Gasteiger partial charge in [0.2, 0.25) is 0 Å². The first-order chi connectivity index (χ1) is 9.49. The lowest BCUT2D eigenvalue weighted by atomic mass is 10.0. The van der Waals surface area contributed by atoms with E-state index in [0.717, 1.165) is 5.56 Å². The van der Waals surface area contributed by atoms with Gasteiger partial charge < -0.3 is 5.32 Å². The minimum absolute atomic E-state index is 0.0248. The second kappa shape index (κ2) is 6.09. The summed E-state index contributed by atoms with van der Waals surface area (Å²) in [7, 11) is 0. The number of aryl methyl sites for hydroxylation is 1. The van der Waals surface area contributed by atoms with Gasteiger partial charge in [-0.15, -0.1) is 0 Å². The summed E-state index contributed by atoms with van der Waals surface area (Å²) < 4.78 is 27.5. The van der Waals surface area contributed by atoms with Crippen molar-refractivity contribution in [3.8, 4) is 0 Å². The normalized spacial score (nSPS) is 14.1. The van der Waals surface area contributed by atoms with Crippen LogP contribution in [0.1, 0.15) is 42.6 Å². The van der Waals surface area contributed by atoms with E-state index in [2.05, 4.69) is 10.3 Å². The first kappa shape index (κ1) is 14.6. The van der Waals surface area contributed by atoms with Gasteiger partial charge in [0.1, 0.15) is 11.6 Å². The maximum absolute atomic E-state index is 13.9. The zero-order chi connectivity index (χ0) is 14.7. The van der Waals surface area contributed by atoms with Gasteiger partial charge in [0, 0.05) is 30.0 Å². The lowest BCUT2D eigenvalue weighted by Crippen LogP contribution is -2.23. The monoisotopic (exact) mass is 276 g/mol. The van der Waals surface area contributed by atoms with Crippen molar-refractivity contribution >= 4 is 0 Å². The number of rotatable bonds is 4. The fraction of sp³-hybridized carbons (Fsp3) is 0.312. The topological polar surface area (TPSA) is 24.9 Å². The Bertz CT molecular complexity index is 585. The Morgan fingerprint density at radius 2 is 1.65 bits per heavy atom. The van der Waals surface area contributed by atoms with E-state index >= 15 is 0 Å². The molecule has 0 radical (unpaired) electrons. The van der Waals surface area contributed by atoms with Crippen LogP contribution in [-0.4, -0.2) is 4.98 Å². The molecule has 0 aliphatic carbocycles. The van der Waals surface area contributed by atoms with Gasteiger partial charge in [-0.3, -0.25) is 4.98 Å². The Labute approximate surface area is 117 Å². The Morgan fingerprint density at radius 3 is 2.30 bits per heavy atom. The van der Waals surface area contributed by atoms with Crippen molar-refractivity contribution in [1.29, 1.82) is 0 Å². The van der Waals surface area contributed by atoms with Crippen LogP contribution in [0.2, 0.25) is 0 Å². The molecule has 0 saturated carbocycles. The van der Waals surface area contributed by atoms with E-state index in [1.165, 1.54) is 12.1 Å². The second-order valence-corrected chi connectivity index (χ2v) is 5.01. The van der Waals surface area contributed by atoms with Crippen molar-refractivity contribution in [2.75, 3.05) is 0 Å². The van der Waals surface area contributed by atoms with Crippen LogP contribution in [0.15, 0.2) is 36.7 Å². The van der Waals surface area contributed by atoms with Gasteiger partial charge in [-0.2, -0.15) is 0 Å². The molecule has 0 aliphatic heterocycles. The number of nitrogens with one attached hydrogen (secondary N) is 1. The Hall–Kier alpha value is -1.81. The number of hydrogen-bond donors (Lipinski definition) is 1. The lowest BCUT2D eigenvalue weighted by molar-refractivity contribution is 0.469. The maximum atomic E-state index is 13.9. The molecule has 4 heteroatoms. The van der Waals surface area contributed by atoms with E-state index in [0.29, 0.717) is 11.1 Å². The summed E-state index contributed by atoms with van der Waals surface area (Å²) in [5.41, 5.74) is 1.72. The van der Waals surface area contributed by atoms with Crippen LogP contribution in [0.3, 0.4) is 0 Å². The third kappa shape index (κ3) is 3.20. The molecule has 0 spiro atoms. The van der Waals surface area contributed by atoms with Gasteiger partial charge in [0.15, 0.2) is 0 Å². The van der Waals surface area contributed by atoms with E-state index < -0.39 is 0 Å². The molecule has 0 amide bonds. The highest BCUT2D eigenvalue weighted by molar-refractivity contribution is 5.28. The zero-order valence-electron chi connectivity index (χ0n) is 11.8. The smallest absolute Gasteiger partial charge is 0.128 e. The van der Waals surface area contributed by atoms with Crippen molar-refractivity contribution in [3.05, 3.63) is 65.0 Å². The fourth-order valence-corrected chi connectivity index (χ4v) is 2.21. The van der Waals surface area contributed by atoms with Gasteiger partial charge in [-0.1, -0.05) is 0 Å². The van der Waals surface area contributed by atoms with Gasteiger partial charge in [-0.05, 0) is 56.2 Å². The Kier molecular flexibility index (Phi) is 4.45. The molecule has 2 rings (SSSR count). The molecular weight excluding hydrogens is 258 g/mol. The standard InChI is InChI=1S/C16H18F2N2/c1-10-8-16(18)14(9-15(10)17)12(3)20-11(2)13-4-6-19-7-5-13/h4-9,11-12,20H,1-3H3/t11-,12?/m0/s1. The van der Waals surface area contributed by atoms with Crippen LogP contribution in [0.25, 0.3) is 0 Å². The summed E-state index contributed by atoms with van der Waals surface area (Å²) >= 11 is 0. The summed E-state index contributed by atoms with van der Waals surface area (Å²) in [6.45, 7) is 5.36. The third-order valence-corrected chi connectivity index (χ3v) is 3.45. The molecule has 20 heavy (non-hydrogen) atoms. The molecule has 1 heterocycles. The molecular formula is C16H18F2N2. The highest BCUT2D eigenvalue weighted by Gasteiger charge is 2.16. The van der Waals surface area contributed by atoms with Crippen LogP contribution in [0.4, 0.5) is 8.78 Å². The number of hydrogen-bond acceptors (Lipinski definition) is 2. The van der Waals surface area contributed by atoms with Gasteiger partial charge in [-0.25, -0.2) is 8.78 Å². The third-order valence-electron chi connectivity index (χ3n) is 3.45. The fourth-order valence-electron chi connectivity index (χ4n) is 2.21. The molecule has 1 unspecified atom stereocenters. The number of benzene rings is 1. The van der Waals surface area contributed by atoms with Crippen molar-refractivity contribution < 1.29 is 8.78 Å². The van der Waals surface area contributed by atoms with Crippen molar-refractivity contribution in [2.24, 2.45) is 0 Å². The molecule has 1 aromatic heterocycles. The van der Waals surface area contributed by atoms with Crippen LogP contribution in [0, 0.1) is 18.6 Å². The van der Waals surface area contributed by atoms with E-state index in [1.807, 2.05) is 26.0 Å². The summed E-state index contributed by atoms with van der Waals surface area (Å²) in [5, 5.41) is 3.27. The molecule has 1 aromatic carbocycles. The molecule has 0 saturated heterocycles. The van der Waals surface area contributed by atoms with Gasteiger partial charge in [0.25, 0.3) is 0 Å². The van der Waals surface area contributed by atoms with Crippen molar-refractivity contribution in [1.82, 2.24) is 10.3 Å². The Morgan fingerprint density at radius 1 is 1.00 bits per heavy atom. The first-order valence-electron chi connectivity index (χ1n) is 6.60. The molecule has 0 aliphatic rings. The Balaban J connectivity index is 2.16. The van der Waals surface area contributed by atoms with Crippen LogP contribution in [0.5, 0.6) is 0 Å². The SMILES string of the molecule is Cc1cc(F)c(C(C)N[C@@H](C)c2ccncc2)cc1F. The average molecular weight is 276 g/mol. The average Bonchev–Trinajstić information content (AvgIpc) is 2.43. The van der Waals surface area contributed by atoms with Crippen LogP contribution in [-0.2, 0) is 0 Å². The molecule has 0 fully saturated rings.